The van der Waals surface area contributed by atoms with E-state index in [1.807, 2.05) is 18.5 Å². The first kappa shape index (κ1) is 13.7. The van der Waals surface area contributed by atoms with Crippen LogP contribution in [0.15, 0.2) is 4.47 Å². The van der Waals surface area contributed by atoms with Crippen molar-refractivity contribution in [1.29, 1.82) is 0 Å². The summed E-state index contributed by atoms with van der Waals surface area (Å²) >= 11 is 3.58. The minimum Gasteiger partial charge on any atom is -0.393 e. The van der Waals surface area contributed by atoms with Crippen LogP contribution < -0.4 is 0 Å². The molecular weight excluding hydrogens is 268 g/mol. The summed E-state index contributed by atoms with van der Waals surface area (Å²) in [7, 11) is 0. The molecule has 1 N–H and O–H groups in total. The van der Waals surface area contributed by atoms with Gasteiger partial charge in [-0.1, -0.05) is 6.92 Å². The molecule has 0 saturated carbocycles. The first-order valence-electron chi connectivity index (χ1n) is 5.99. The van der Waals surface area contributed by atoms with Gasteiger partial charge in [0.1, 0.15) is 0 Å². The lowest BCUT2D eigenvalue weighted by atomic mass is 10.1. The van der Waals surface area contributed by atoms with Crippen LogP contribution in [0.2, 0.25) is 0 Å². The SMILES string of the molecule is CCC(O)CCCc1c(Br)c(C)nn1CC. The third-order valence-corrected chi connectivity index (χ3v) is 3.91. The molecule has 4 heteroatoms. The number of aliphatic hydroxyl groups excluding tert-OH is 1. The number of hydrogen-bond acceptors (Lipinski definition) is 2. The maximum atomic E-state index is 9.50. The summed E-state index contributed by atoms with van der Waals surface area (Å²) in [6.07, 6.45) is 3.55. The van der Waals surface area contributed by atoms with Crippen LogP contribution in [-0.2, 0) is 13.0 Å². The molecule has 0 aromatic carbocycles. The molecule has 1 aromatic rings. The minimum absolute atomic E-state index is 0.155. The molecule has 1 heterocycles. The number of rotatable bonds is 6. The highest BCUT2D eigenvalue weighted by Crippen LogP contribution is 2.23. The lowest BCUT2D eigenvalue weighted by Crippen LogP contribution is -2.07. The Kier molecular flexibility index (Phi) is 5.49. The summed E-state index contributed by atoms with van der Waals surface area (Å²) < 4.78 is 3.16. The molecule has 0 radical (unpaired) electrons. The molecule has 1 aromatic heterocycles. The molecule has 0 aliphatic rings. The molecule has 0 saturated heterocycles. The third kappa shape index (κ3) is 3.32. The van der Waals surface area contributed by atoms with Crippen LogP contribution in [0, 0.1) is 6.92 Å². The lowest BCUT2D eigenvalue weighted by molar-refractivity contribution is 0.157. The highest BCUT2D eigenvalue weighted by molar-refractivity contribution is 9.10. The van der Waals surface area contributed by atoms with Crippen LogP contribution in [-0.4, -0.2) is 21.0 Å². The van der Waals surface area contributed by atoms with Gasteiger partial charge >= 0.3 is 0 Å². The van der Waals surface area contributed by atoms with E-state index in [1.165, 1.54) is 5.69 Å². The van der Waals surface area contributed by atoms with Gasteiger partial charge in [0.15, 0.2) is 0 Å². The van der Waals surface area contributed by atoms with Crippen molar-refractivity contribution in [1.82, 2.24) is 9.78 Å². The molecule has 0 amide bonds. The van der Waals surface area contributed by atoms with Gasteiger partial charge in [0.2, 0.25) is 0 Å². The maximum Gasteiger partial charge on any atom is 0.0738 e. The average Bonchev–Trinajstić information content (AvgIpc) is 2.56. The van der Waals surface area contributed by atoms with Crippen molar-refractivity contribution in [2.45, 2.75) is 59.1 Å². The Morgan fingerprint density at radius 2 is 2.12 bits per heavy atom. The van der Waals surface area contributed by atoms with E-state index in [2.05, 4.69) is 28.0 Å². The van der Waals surface area contributed by atoms with Crippen LogP contribution >= 0.6 is 15.9 Å². The zero-order chi connectivity index (χ0) is 12.1. The molecular formula is C12H21BrN2O. The van der Waals surface area contributed by atoms with Gasteiger partial charge in [-0.05, 0) is 55.5 Å². The highest BCUT2D eigenvalue weighted by Gasteiger charge is 2.12. The van der Waals surface area contributed by atoms with Gasteiger partial charge in [-0.25, -0.2) is 0 Å². The van der Waals surface area contributed by atoms with E-state index in [9.17, 15) is 5.11 Å². The van der Waals surface area contributed by atoms with E-state index in [0.29, 0.717) is 0 Å². The highest BCUT2D eigenvalue weighted by atomic mass is 79.9. The normalized spacial score (nSPS) is 13.1. The van der Waals surface area contributed by atoms with Crippen molar-refractivity contribution in [3.8, 4) is 0 Å². The van der Waals surface area contributed by atoms with E-state index in [0.717, 1.165) is 42.4 Å². The molecule has 1 atom stereocenters. The number of halogens is 1. The van der Waals surface area contributed by atoms with Crippen molar-refractivity contribution in [3.63, 3.8) is 0 Å². The van der Waals surface area contributed by atoms with E-state index in [-0.39, 0.29) is 6.10 Å². The summed E-state index contributed by atoms with van der Waals surface area (Å²) in [5.74, 6) is 0. The number of nitrogens with zero attached hydrogens (tertiary/aromatic N) is 2. The molecule has 0 fully saturated rings. The van der Waals surface area contributed by atoms with Crippen LogP contribution in [0.1, 0.15) is 44.5 Å². The summed E-state index contributed by atoms with van der Waals surface area (Å²) in [4.78, 5) is 0. The predicted molar refractivity (Wildman–Crippen MR) is 69.6 cm³/mol. The second-order valence-electron chi connectivity index (χ2n) is 4.12. The molecule has 1 unspecified atom stereocenters. The second-order valence-corrected chi connectivity index (χ2v) is 4.91. The van der Waals surface area contributed by atoms with Crippen LogP contribution in [0.4, 0.5) is 0 Å². The number of aromatic nitrogens is 2. The quantitative estimate of drug-likeness (QED) is 0.874. The average molecular weight is 289 g/mol. The summed E-state index contributed by atoms with van der Waals surface area (Å²) in [5.41, 5.74) is 2.30. The van der Waals surface area contributed by atoms with Gasteiger partial charge in [0, 0.05) is 6.54 Å². The van der Waals surface area contributed by atoms with Gasteiger partial charge < -0.3 is 5.11 Å². The zero-order valence-corrected chi connectivity index (χ0v) is 11.9. The Hall–Kier alpha value is -0.350. The van der Waals surface area contributed by atoms with Gasteiger partial charge in [-0.2, -0.15) is 5.10 Å². The number of aliphatic hydroxyl groups is 1. The van der Waals surface area contributed by atoms with Gasteiger partial charge in [-0.3, -0.25) is 4.68 Å². The summed E-state index contributed by atoms with van der Waals surface area (Å²) in [5, 5.41) is 14.0. The van der Waals surface area contributed by atoms with Crippen molar-refractivity contribution in [2.75, 3.05) is 0 Å². The molecule has 0 bridgehead atoms. The summed E-state index contributed by atoms with van der Waals surface area (Å²) in [6.45, 7) is 7.03. The Bertz CT molecular complexity index is 336. The fourth-order valence-corrected chi connectivity index (χ4v) is 2.30. The van der Waals surface area contributed by atoms with Crippen LogP contribution in [0.25, 0.3) is 0 Å². The topological polar surface area (TPSA) is 38.1 Å². The Morgan fingerprint density at radius 3 is 2.69 bits per heavy atom. The molecule has 0 aliphatic heterocycles. The van der Waals surface area contributed by atoms with E-state index < -0.39 is 0 Å². The largest absolute Gasteiger partial charge is 0.393 e. The van der Waals surface area contributed by atoms with Gasteiger partial charge in [0.05, 0.1) is 22.0 Å². The Labute approximate surface area is 106 Å². The number of aryl methyl sites for hydroxylation is 2. The maximum absolute atomic E-state index is 9.50. The van der Waals surface area contributed by atoms with Gasteiger partial charge in [0.25, 0.3) is 0 Å². The van der Waals surface area contributed by atoms with E-state index in [4.69, 9.17) is 0 Å². The van der Waals surface area contributed by atoms with Crippen LogP contribution in [0.3, 0.4) is 0 Å². The second kappa shape index (κ2) is 6.40. The lowest BCUT2D eigenvalue weighted by Gasteiger charge is -2.08. The molecule has 0 spiro atoms. The van der Waals surface area contributed by atoms with E-state index >= 15 is 0 Å². The minimum atomic E-state index is -0.155. The first-order valence-corrected chi connectivity index (χ1v) is 6.79. The third-order valence-electron chi connectivity index (χ3n) is 2.88. The van der Waals surface area contributed by atoms with Crippen molar-refractivity contribution < 1.29 is 5.11 Å². The van der Waals surface area contributed by atoms with Crippen molar-refractivity contribution in [3.05, 3.63) is 15.9 Å². The fourth-order valence-electron chi connectivity index (χ4n) is 1.82. The zero-order valence-electron chi connectivity index (χ0n) is 10.3. The Morgan fingerprint density at radius 1 is 1.44 bits per heavy atom. The van der Waals surface area contributed by atoms with E-state index in [1.54, 1.807) is 0 Å². The number of hydrogen-bond donors (Lipinski definition) is 1. The molecule has 0 aliphatic carbocycles. The van der Waals surface area contributed by atoms with Crippen molar-refractivity contribution in [2.24, 2.45) is 0 Å². The van der Waals surface area contributed by atoms with Crippen LogP contribution in [0.5, 0.6) is 0 Å². The molecule has 92 valence electrons. The molecule has 16 heavy (non-hydrogen) atoms. The van der Waals surface area contributed by atoms with Crippen molar-refractivity contribution >= 4 is 15.9 Å². The molecule has 1 rings (SSSR count). The first-order chi connectivity index (χ1) is 7.60. The Balaban J connectivity index is 2.59. The fraction of sp³-hybridized carbons (Fsp3) is 0.750. The molecule has 3 nitrogen and oxygen atoms in total. The predicted octanol–water partition coefficient (Wildman–Crippen LogP) is 3.07. The summed E-state index contributed by atoms with van der Waals surface area (Å²) in [6, 6.07) is 0. The standard InChI is InChI=1S/C12H21BrN2O/c1-4-10(16)7-6-8-11-12(13)9(3)14-15(11)5-2/h10,16H,4-8H2,1-3H3. The smallest absolute Gasteiger partial charge is 0.0738 e. The van der Waals surface area contributed by atoms with Gasteiger partial charge in [-0.15, -0.1) is 0 Å². The monoisotopic (exact) mass is 288 g/mol.